The average Bonchev–Trinajstić information content (AvgIpc) is 2.61. The van der Waals surface area contributed by atoms with E-state index in [0.717, 1.165) is 14.3 Å². The molecule has 1 aromatic carbocycles. The van der Waals surface area contributed by atoms with Crippen LogP contribution in [0.15, 0.2) is 22.7 Å². The van der Waals surface area contributed by atoms with Gasteiger partial charge in [-0.15, -0.1) is 0 Å². The number of rotatable bonds is 1. The molecule has 0 spiro atoms. The fourth-order valence-corrected chi connectivity index (χ4v) is 3.66. The lowest BCUT2D eigenvalue weighted by atomic mass is 10.1. The van der Waals surface area contributed by atoms with Crippen molar-refractivity contribution in [3.63, 3.8) is 0 Å². The van der Waals surface area contributed by atoms with E-state index in [2.05, 4.69) is 15.9 Å². The van der Waals surface area contributed by atoms with E-state index >= 15 is 0 Å². The quantitative estimate of drug-likeness (QED) is 0.795. The molecule has 4 nitrogen and oxygen atoms in total. The van der Waals surface area contributed by atoms with Gasteiger partial charge in [-0.2, -0.15) is 0 Å². The number of carbonyl (C=O) groups is 1. The second-order valence-electron chi connectivity index (χ2n) is 4.01. The molecule has 2 rings (SSSR count). The fourth-order valence-electron chi connectivity index (χ4n) is 1.83. The summed E-state index contributed by atoms with van der Waals surface area (Å²) >= 11 is 3.28. The third-order valence-electron chi connectivity index (χ3n) is 2.76. The van der Waals surface area contributed by atoms with E-state index in [1.165, 1.54) is 0 Å². The summed E-state index contributed by atoms with van der Waals surface area (Å²) in [6, 6.07) is 5.27. The van der Waals surface area contributed by atoms with Gasteiger partial charge in [-0.05, 0) is 31.0 Å². The highest BCUT2D eigenvalue weighted by molar-refractivity contribution is 9.10. The normalized spacial score (nSPS) is 18.4. The maximum Gasteiger partial charge on any atom is 0.267 e. The number of halogens is 1. The molecule has 0 radical (unpaired) electrons. The average molecular weight is 318 g/mol. The number of amides is 1. The number of hydrogen-bond donors (Lipinski definition) is 0. The van der Waals surface area contributed by atoms with Gasteiger partial charge in [0, 0.05) is 16.6 Å². The molecule has 0 N–H and O–H groups in total. The monoisotopic (exact) mass is 317 g/mol. The van der Waals surface area contributed by atoms with Crippen molar-refractivity contribution in [2.75, 3.05) is 12.3 Å². The smallest absolute Gasteiger partial charge is 0.267 e. The van der Waals surface area contributed by atoms with E-state index < -0.39 is 15.9 Å². The van der Waals surface area contributed by atoms with Gasteiger partial charge in [0.1, 0.15) is 0 Å². The minimum Gasteiger partial charge on any atom is -0.268 e. The Balaban J connectivity index is 2.41. The van der Waals surface area contributed by atoms with E-state index in [1.54, 1.807) is 19.1 Å². The van der Waals surface area contributed by atoms with Crippen LogP contribution in [0.1, 0.15) is 22.3 Å². The Morgan fingerprint density at radius 1 is 1.41 bits per heavy atom. The van der Waals surface area contributed by atoms with Crippen molar-refractivity contribution in [3.05, 3.63) is 33.8 Å². The maximum atomic E-state index is 12.2. The van der Waals surface area contributed by atoms with Gasteiger partial charge in [-0.25, -0.2) is 12.7 Å². The first-order chi connectivity index (χ1) is 7.92. The molecule has 1 heterocycles. The van der Waals surface area contributed by atoms with Crippen molar-refractivity contribution in [3.8, 4) is 0 Å². The van der Waals surface area contributed by atoms with Gasteiger partial charge in [0.2, 0.25) is 10.0 Å². The van der Waals surface area contributed by atoms with Gasteiger partial charge in [-0.1, -0.05) is 22.0 Å². The third kappa shape index (κ3) is 2.37. The van der Waals surface area contributed by atoms with Gasteiger partial charge in [0.15, 0.2) is 0 Å². The summed E-state index contributed by atoms with van der Waals surface area (Å²) < 4.78 is 25.1. The molecular weight excluding hydrogens is 306 g/mol. The van der Waals surface area contributed by atoms with Gasteiger partial charge >= 0.3 is 0 Å². The molecule has 1 aromatic rings. The molecule has 0 atom stereocenters. The van der Waals surface area contributed by atoms with Crippen molar-refractivity contribution >= 4 is 31.9 Å². The largest absolute Gasteiger partial charge is 0.268 e. The Morgan fingerprint density at radius 3 is 2.71 bits per heavy atom. The van der Waals surface area contributed by atoms with Crippen molar-refractivity contribution in [2.45, 2.75) is 13.3 Å². The predicted molar refractivity (Wildman–Crippen MR) is 68.3 cm³/mol. The van der Waals surface area contributed by atoms with Crippen LogP contribution in [0.3, 0.4) is 0 Å². The van der Waals surface area contributed by atoms with Crippen LogP contribution in [-0.2, 0) is 10.0 Å². The zero-order valence-electron chi connectivity index (χ0n) is 9.31. The first-order valence-corrected chi connectivity index (χ1v) is 7.63. The Morgan fingerprint density at radius 2 is 2.12 bits per heavy atom. The number of benzene rings is 1. The van der Waals surface area contributed by atoms with Crippen molar-refractivity contribution < 1.29 is 13.2 Å². The maximum absolute atomic E-state index is 12.2. The first-order valence-electron chi connectivity index (χ1n) is 5.23. The van der Waals surface area contributed by atoms with E-state index in [0.29, 0.717) is 12.0 Å². The van der Waals surface area contributed by atoms with Crippen molar-refractivity contribution in [2.24, 2.45) is 0 Å². The highest BCUT2D eigenvalue weighted by atomic mass is 79.9. The first kappa shape index (κ1) is 12.6. The number of aryl methyl sites for hydroxylation is 1. The standard InChI is InChI=1S/C11H12BrNO3S/c1-8-3-4-9(12)7-10(8)11(14)13-5-2-6-17(13,15)16/h3-4,7H,2,5-6H2,1H3. The lowest BCUT2D eigenvalue weighted by Crippen LogP contribution is -2.33. The lowest BCUT2D eigenvalue weighted by Gasteiger charge is -2.16. The predicted octanol–water partition coefficient (Wildman–Crippen LogP) is 1.93. The summed E-state index contributed by atoms with van der Waals surface area (Å²) in [5.74, 6) is -0.368. The van der Waals surface area contributed by atoms with Crippen LogP contribution in [0.4, 0.5) is 0 Å². The molecule has 0 aromatic heterocycles. The summed E-state index contributed by atoms with van der Waals surface area (Å²) in [4.78, 5) is 12.2. The Kier molecular flexibility index (Phi) is 3.27. The molecular formula is C11H12BrNO3S. The highest BCUT2D eigenvalue weighted by Crippen LogP contribution is 2.22. The van der Waals surface area contributed by atoms with Crippen LogP contribution in [0, 0.1) is 6.92 Å². The van der Waals surface area contributed by atoms with Crippen LogP contribution >= 0.6 is 15.9 Å². The number of nitrogens with zero attached hydrogens (tertiary/aromatic N) is 1. The summed E-state index contributed by atoms with van der Waals surface area (Å²) in [5, 5.41) is 0. The molecule has 0 saturated carbocycles. The summed E-state index contributed by atoms with van der Waals surface area (Å²) in [6.07, 6.45) is 0.515. The van der Waals surface area contributed by atoms with Crippen LogP contribution in [-0.4, -0.2) is 30.9 Å². The van der Waals surface area contributed by atoms with Crippen LogP contribution in [0.2, 0.25) is 0 Å². The fraction of sp³-hybridized carbons (Fsp3) is 0.364. The molecule has 1 aliphatic rings. The molecule has 1 fully saturated rings. The summed E-state index contributed by atoms with van der Waals surface area (Å²) in [5.41, 5.74) is 1.21. The molecule has 1 saturated heterocycles. The van der Waals surface area contributed by atoms with Crippen LogP contribution in [0.25, 0.3) is 0 Å². The van der Waals surface area contributed by atoms with Crippen LogP contribution in [0.5, 0.6) is 0 Å². The molecule has 1 amide bonds. The highest BCUT2D eigenvalue weighted by Gasteiger charge is 2.33. The van der Waals surface area contributed by atoms with Gasteiger partial charge in [0.05, 0.1) is 5.75 Å². The molecule has 0 unspecified atom stereocenters. The lowest BCUT2D eigenvalue weighted by molar-refractivity contribution is 0.0869. The molecule has 0 bridgehead atoms. The second kappa shape index (κ2) is 4.42. The number of carbonyl (C=O) groups excluding carboxylic acids is 1. The SMILES string of the molecule is Cc1ccc(Br)cc1C(=O)N1CCCS1(=O)=O. The molecule has 92 valence electrons. The third-order valence-corrected chi connectivity index (χ3v) is 5.07. The molecule has 1 aliphatic heterocycles. The molecule has 6 heteroatoms. The minimum absolute atomic E-state index is 0.0613. The topological polar surface area (TPSA) is 54.5 Å². The Labute approximate surface area is 109 Å². The molecule has 0 aliphatic carbocycles. The number of sulfonamides is 1. The molecule has 17 heavy (non-hydrogen) atoms. The Hall–Kier alpha value is -0.880. The minimum atomic E-state index is -3.40. The van der Waals surface area contributed by atoms with E-state index in [1.807, 2.05) is 6.07 Å². The van der Waals surface area contributed by atoms with E-state index in [4.69, 9.17) is 0 Å². The van der Waals surface area contributed by atoms with Crippen molar-refractivity contribution in [1.29, 1.82) is 0 Å². The van der Waals surface area contributed by atoms with E-state index in [9.17, 15) is 13.2 Å². The van der Waals surface area contributed by atoms with E-state index in [-0.39, 0.29) is 12.3 Å². The zero-order chi connectivity index (χ0) is 12.6. The zero-order valence-corrected chi connectivity index (χ0v) is 11.7. The van der Waals surface area contributed by atoms with Crippen molar-refractivity contribution in [1.82, 2.24) is 4.31 Å². The van der Waals surface area contributed by atoms with Gasteiger partial charge in [0.25, 0.3) is 5.91 Å². The van der Waals surface area contributed by atoms with Gasteiger partial charge in [-0.3, -0.25) is 4.79 Å². The summed E-state index contributed by atoms with van der Waals surface area (Å²) in [6.45, 7) is 2.08. The van der Waals surface area contributed by atoms with Crippen LogP contribution < -0.4 is 0 Å². The second-order valence-corrected chi connectivity index (χ2v) is 6.93. The van der Waals surface area contributed by atoms with Gasteiger partial charge < -0.3 is 0 Å². The summed E-state index contributed by atoms with van der Waals surface area (Å²) in [7, 11) is -3.40. The number of hydrogen-bond acceptors (Lipinski definition) is 3. The Bertz CT molecular complexity index is 568.